The fourth-order valence-electron chi connectivity index (χ4n) is 2.30. The smallest absolute Gasteiger partial charge is 0.241 e. The van der Waals surface area contributed by atoms with Crippen LogP contribution in [0.15, 0.2) is 41.3 Å². The fraction of sp³-hybridized carbons (Fsp3) is 0.294. The van der Waals surface area contributed by atoms with E-state index in [1.165, 1.54) is 0 Å². The first-order chi connectivity index (χ1) is 10.7. The van der Waals surface area contributed by atoms with Crippen molar-refractivity contribution in [2.24, 2.45) is 0 Å². The van der Waals surface area contributed by atoms with Gasteiger partial charge in [0.15, 0.2) is 0 Å². The van der Waals surface area contributed by atoms with E-state index >= 15 is 0 Å². The fourth-order valence-corrected chi connectivity index (χ4v) is 4.06. The van der Waals surface area contributed by atoms with Gasteiger partial charge in [-0.15, -0.1) is 0 Å². The largest absolute Gasteiger partial charge is 0.497 e. The molecule has 0 heterocycles. The molecule has 0 saturated heterocycles. The highest BCUT2D eigenvalue weighted by molar-refractivity contribution is 7.89. The van der Waals surface area contributed by atoms with Crippen molar-refractivity contribution in [1.29, 1.82) is 0 Å². The van der Waals surface area contributed by atoms with Gasteiger partial charge >= 0.3 is 0 Å². The van der Waals surface area contributed by atoms with Crippen LogP contribution >= 0.6 is 11.6 Å². The van der Waals surface area contributed by atoms with Crippen LogP contribution in [-0.2, 0) is 10.0 Å². The Labute approximate surface area is 142 Å². The first-order valence-electron chi connectivity index (χ1n) is 7.17. The third-order valence-electron chi connectivity index (χ3n) is 3.69. The van der Waals surface area contributed by atoms with Crippen LogP contribution in [0.4, 0.5) is 0 Å². The number of sulfonamides is 1. The number of hydrogen-bond acceptors (Lipinski definition) is 3. The van der Waals surface area contributed by atoms with Crippen molar-refractivity contribution in [3.8, 4) is 5.75 Å². The molecule has 0 radical (unpaired) electrons. The molecule has 1 atom stereocenters. The zero-order chi connectivity index (χ0) is 17.2. The number of nitrogens with one attached hydrogen (secondary N) is 1. The molecule has 0 bridgehead atoms. The highest BCUT2D eigenvalue weighted by atomic mass is 35.5. The molecule has 4 nitrogen and oxygen atoms in total. The van der Waals surface area contributed by atoms with Crippen molar-refractivity contribution >= 4 is 21.6 Å². The molecule has 6 heteroatoms. The zero-order valence-electron chi connectivity index (χ0n) is 13.6. The number of methoxy groups -OCH3 is 1. The minimum absolute atomic E-state index is 0.250. The Balaban J connectivity index is 2.28. The Morgan fingerprint density at radius 2 is 1.70 bits per heavy atom. The standard InChI is InChI=1S/C17H20ClNO3S/c1-11-10-17(12(2)9-16(11)18)23(20,21)19-13(3)14-5-7-15(22-4)8-6-14/h5-10,13,19H,1-4H3. The molecule has 1 unspecified atom stereocenters. The second-order valence-electron chi connectivity index (χ2n) is 5.48. The third-order valence-corrected chi connectivity index (χ3v) is 5.78. The van der Waals surface area contributed by atoms with Crippen LogP contribution in [0, 0.1) is 13.8 Å². The van der Waals surface area contributed by atoms with Gasteiger partial charge in [0.05, 0.1) is 12.0 Å². The predicted molar refractivity (Wildman–Crippen MR) is 92.7 cm³/mol. The van der Waals surface area contributed by atoms with E-state index < -0.39 is 10.0 Å². The van der Waals surface area contributed by atoms with Crippen LogP contribution in [0.3, 0.4) is 0 Å². The summed E-state index contributed by atoms with van der Waals surface area (Å²) in [6.07, 6.45) is 0. The Morgan fingerprint density at radius 3 is 2.26 bits per heavy atom. The molecule has 0 aliphatic carbocycles. The summed E-state index contributed by atoms with van der Waals surface area (Å²) in [5.74, 6) is 0.730. The maximum absolute atomic E-state index is 12.6. The van der Waals surface area contributed by atoms with Crippen LogP contribution in [0.5, 0.6) is 5.75 Å². The molecule has 2 rings (SSSR count). The molecule has 0 aromatic heterocycles. The Hall–Kier alpha value is -1.56. The highest BCUT2D eigenvalue weighted by Crippen LogP contribution is 2.25. The zero-order valence-corrected chi connectivity index (χ0v) is 15.1. The quantitative estimate of drug-likeness (QED) is 0.883. The Morgan fingerprint density at radius 1 is 1.09 bits per heavy atom. The van der Waals surface area contributed by atoms with Crippen LogP contribution in [-0.4, -0.2) is 15.5 Å². The molecular formula is C17H20ClNO3S. The molecule has 0 saturated carbocycles. The molecule has 0 spiro atoms. The molecule has 0 aliphatic heterocycles. The minimum atomic E-state index is -3.63. The van der Waals surface area contributed by atoms with Crippen molar-refractivity contribution < 1.29 is 13.2 Å². The van der Waals surface area contributed by atoms with Gasteiger partial charge in [0.25, 0.3) is 0 Å². The Bertz CT molecular complexity index is 801. The predicted octanol–water partition coefficient (Wildman–Crippen LogP) is 4.00. The van der Waals surface area contributed by atoms with Crippen molar-refractivity contribution in [3.05, 3.63) is 58.1 Å². The van der Waals surface area contributed by atoms with Crippen LogP contribution in [0.25, 0.3) is 0 Å². The molecule has 0 amide bonds. The lowest BCUT2D eigenvalue weighted by atomic mass is 10.1. The second kappa shape index (κ2) is 6.91. The number of halogens is 1. The summed E-state index contributed by atoms with van der Waals surface area (Å²) in [6, 6.07) is 10.2. The summed E-state index contributed by atoms with van der Waals surface area (Å²) in [5.41, 5.74) is 2.21. The van der Waals surface area contributed by atoms with Crippen LogP contribution in [0.2, 0.25) is 5.02 Å². The molecule has 1 N–H and O–H groups in total. The lowest BCUT2D eigenvalue weighted by Gasteiger charge is -2.17. The van der Waals surface area contributed by atoms with E-state index in [9.17, 15) is 8.42 Å². The molecule has 0 fully saturated rings. The summed E-state index contributed by atoms with van der Waals surface area (Å²) < 4.78 is 33.1. The maximum atomic E-state index is 12.6. The number of hydrogen-bond donors (Lipinski definition) is 1. The Kier molecular flexibility index (Phi) is 5.34. The van der Waals surface area contributed by atoms with E-state index in [-0.39, 0.29) is 10.9 Å². The van der Waals surface area contributed by atoms with Crippen molar-refractivity contribution in [2.45, 2.75) is 31.7 Å². The van der Waals surface area contributed by atoms with E-state index in [0.29, 0.717) is 10.6 Å². The normalized spacial score (nSPS) is 12.9. The van der Waals surface area contributed by atoms with E-state index in [4.69, 9.17) is 16.3 Å². The van der Waals surface area contributed by atoms with Gasteiger partial charge in [-0.25, -0.2) is 13.1 Å². The molecule has 2 aromatic carbocycles. The van der Waals surface area contributed by atoms with Gasteiger partial charge in [0.1, 0.15) is 5.75 Å². The minimum Gasteiger partial charge on any atom is -0.497 e. The molecule has 2 aromatic rings. The summed E-state index contributed by atoms with van der Waals surface area (Å²) in [5, 5.41) is 0.560. The van der Waals surface area contributed by atoms with Gasteiger partial charge in [-0.3, -0.25) is 0 Å². The number of benzene rings is 2. The lowest BCUT2D eigenvalue weighted by Crippen LogP contribution is -2.27. The van der Waals surface area contributed by atoms with Gasteiger partial charge < -0.3 is 4.74 Å². The van der Waals surface area contributed by atoms with E-state index in [2.05, 4.69) is 4.72 Å². The SMILES string of the molecule is COc1ccc(C(C)NS(=O)(=O)c2cc(C)c(Cl)cc2C)cc1. The summed E-state index contributed by atoms with van der Waals surface area (Å²) in [7, 11) is -2.04. The molecule has 0 aliphatic rings. The average molecular weight is 354 g/mol. The lowest BCUT2D eigenvalue weighted by molar-refractivity contribution is 0.414. The summed E-state index contributed by atoms with van der Waals surface area (Å²) in [4.78, 5) is 0.250. The summed E-state index contributed by atoms with van der Waals surface area (Å²) >= 11 is 6.04. The van der Waals surface area contributed by atoms with Crippen LogP contribution < -0.4 is 9.46 Å². The number of aryl methyl sites for hydroxylation is 2. The van der Waals surface area contributed by atoms with Gasteiger partial charge in [0.2, 0.25) is 10.0 Å². The monoisotopic (exact) mass is 353 g/mol. The number of rotatable bonds is 5. The van der Waals surface area contributed by atoms with Crippen molar-refractivity contribution in [2.75, 3.05) is 7.11 Å². The third kappa shape index (κ3) is 4.05. The second-order valence-corrected chi connectivity index (χ2v) is 7.57. The van der Waals surface area contributed by atoms with Gasteiger partial charge in [0, 0.05) is 11.1 Å². The topological polar surface area (TPSA) is 55.4 Å². The first-order valence-corrected chi connectivity index (χ1v) is 9.03. The van der Waals surface area contributed by atoms with Crippen molar-refractivity contribution in [1.82, 2.24) is 4.72 Å². The molecular weight excluding hydrogens is 334 g/mol. The summed E-state index contributed by atoms with van der Waals surface area (Å²) in [6.45, 7) is 5.32. The van der Waals surface area contributed by atoms with Gasteiger partial charge in [-0.1, -0.05) is 23.7 Å². The van der Waals surface area contributed by atoms with Gasteiger partial charge in [-0.05, 0) is 61.7 Å². The van der Waals surface area contributed by atoms with E-state index in [1.807, 2.05) is 12.1 Å². The average Bonchev–Trinajstić information content (AvgIpc) is 2.50. The molecule has 23 heavy (non-hydrogen) atoms. The van der Waals surface area contributed by atoms with Crippen LogP contribution in [0.1, 0.15) is 29.7 Å². The highest BCUT2D eigenvalue weighted by Gasteiger charge is 2.21. The molecule has 124 valence electrons. The van der Waals surface area contributed by atoms with E-state index in [1.54, 1.807) is 52.1 Å². The van der Waals surface area contributed by atoms with Gasteiger partial charge in [-0.2, -0.15) is 0 Å². The number of ether oxygens (including phenoxy) is 1. The van der Waals surface area contributed by atoms with Crippen molar-refractivity contribution in [3.63, 3.8) is 0 Å². The van der Waals surface area contributed by atoms with E-state index in [0.717, 1.165) is 16.9 Å². The first kappa shape index (κ1) is 17.8. The maximum Gasteiger partial charge on any atom is 0.241 e.